The van der Waals surface area contributed by atoms with Crippen molar-refractivity contribution in [3.05, 3.63) is 29.8 Å². The second-order valence-electron chi connectivity index (χ2n) is 6.64. The Labute approximate surface area is 154 Å². The highest BCUT2D eigenvalue weighted by Crippen LogP contribution is 2.17. The monoisotopic (exact) mass is 382 g/mol. The highest BCUT2D eigenvalue weighted by molar-refractivity contribution is 7.89. The van der Waals surface area contributed by atoms with Gasteiger partial charge in [-0.1, -0.05) is 25.7 Å². The third-order valence-corrected chi connectivity index (χ3v) is 6.25. The Morgan fingerprint density at radius 3 is 2.19 bits per heavy atom. The van der Waals surface area contributed by atoms with Crippen LogP contribution in [0.2, 0.25) is 0 Å². The zero-order valence-corrected chi connectivity index (χ0v) is 16.0. The number of carbonyl (C=O) groups excluding carboxylic acids is 2. The van der Waals surface area contributed by atoms with Gasteiger partial charge in [0.15, 0.2) is 6.61 Å². The van der Waals surface area contributed by atoms with E-state index in [1.54, 1.807) is 0 Å². The molecule has 7 nitrogen and oxygen atoms in total. The summed E-state index contributed by atoms with van der Waals surface area (Å²) in [6.45, 7) is -0.340. The first-order chi connectivity index (χ1) is 12.3. The Hall–Kier alpha value is -1.93. The summed E-state index contributed by atoms with van der Waals surface area (Å²) in [5.41, 5.74) is 0.199. The summed E-state index contributed by atoms with van der Waals surface area (Å²) < 4.78 is 30.1. The minimum atomic E-state index is -3.55. The largest absolute Gasteiger partial charge is 0.452 e. The van der Waals surface area contributed by atoms with Crippen molar-refractivity contribution in [2.24, 2.45) is 0 Å². The molecule has 1 fully saturated rings. The third kappa shape index (κ3) is 5.54. The molecule has 0 heterocycles. The number of hydrogen-bond donors (Lipinski definition) is 1. The predicted octanol–water partition coefficient (Wildman–Crippen LogP) is 1.93. The van der Waals surface area contributed by atoms with Crippen LogP contribution in [0.1, 0.15) is 48.9 Å². The summed E-state index contributed by atoms with van der Waals surface area (Å²) in [5.74, 6) is -0.966. The molecule has 0 radical (unpaired) electrons. The number of amides is 1. The van der Waals surface area contributed by atoms with Crippen LogP contribution in [0.5, 0.6) is 0 Å². The molecule has 0 aliphatic heterocycles. The molecule has 1 aliphatic carbocycles. The molecule has 1 aromatic carbocycles. The highest BCUT2D eigenvalue weighted by Gasteiger charge is 2.19. The number of benzene rings is 1. The van der Waals surface area contributed by atoms with E-state index < -0.39 is 16.0 Å². The average molecular weight is 382 g/mol. The lowest BCUT2D eigenvalue weighted by molar-refractivity contribution is -0.125. The summed E-state index contributed by atoms with van der Waals surface area (Å²) in [6.07, 6.45) is 6.52. The van der Waals surface area contributed by atoms with Crippen molar-refractivity contribution in [3.63, 3.8) is 0 Å². The Morgan fingerprint density at radius 1 is 1.08 bits per heavy atom. The minimum absolute atomic E-state index is 0.0881. The summed E-state index contributed by atoms with van der Waals surface area (Å²) in [5, 5.41) is 2.91. The molecule has 8 heteroatoms. The summed E-state index contributed by atoms with van der Waals surface area (Å²) in [7, 11) is -0.678. The van der Waals surface area contributed by atoms with E-state index in [0.717, 1.165) is 30.0 Å². The van der Waals surface area contributed by atoms with Gasteiger partial charge in [-0.25, -0.2) is 17.5 Å². The van der Waals surface area contributed by atoms with Gasteiger partial charge in [0.05, 0.1) is 10.5 Å². The average Bonchev–Trinajstić information content (AvgIpc) is 2.88. The number of nitrogens with one attached hydrogen (secondary N) is 1. The van der Waals surface area contributed by atoms with Crippen molar-refractivity contribution < 1.29 is 22.7 Å². The molecule has 0 bridgehead atoms. The standard InChI is InChI=1S/C18H26N2O5S/c1-20(2)26(23,24)16-11-9-14(10-12-16)18(22)25-13-17(21)19-15-7-5-3-4-6-8-15/h9-12,15H,3-8,13H2,1-2H3,(H,19,21). The van der Waals surface area contributed by atoms with Gasteiger partial charge in [-0.05, 0) is 37.1 Å². The fourth-order valence-corrected chi connectivity index (χ4v) is 3.78. The lowest BCUT2D eigenvalue weighted by Crippen LogP contribution is -2.37. The fraction of sp³-hybridized carbons (Fsp3) is 0.556. The molecular formula is C18H26N2O5S. The molecule has 0 saturated heterocycles. The second kappa shape index (κ2) is 9.14. The van der Waals surface area contributed by atoms with Crippen molar-refractivity contribution in [1.29, 1.82) is 0 Å². The van der Waals surface area contributed by atoms with Crippen molar-refractivity contribution in [1.82, 2.24) is 9.62 Å². The molecule has 0 spiro atoms. The van der Waals surface area contributed by atoms with E-state index in [-0.39, 0.29) is 29.0 Å². The first-order valence-electron chi connectivity index (χ1n) is 8.80. The van der Waals surface area contributed by atoms with E-state index in [0.29, 0.717) is 0 Å². The van der Waals surface area contributed by atoms with Crippen LogP contribution in [0.15, 0.2) is 29.2 Å². The van der Waals surface area contributed by atoms with Crippen LogP contribution in [0, 0.1) is 0 Å². The van der Waals surface area contributed by atoms with E-state index in [1.807, 2.05) is 0 Å². The molecule has 2 rings (SSSR count). The maximum atomic E-state index is 12.0. The number of hydrogen-bond acceptors (Lipinski definition) is 5. The molecule has 1 amide bonds. The fourth-order valence-electron chi connectivity index (χ4n) is 2.88. The summed E-state index contributed by atoms with van der Waals surface area (Å²) in [6, 6.07) is 5.60. The van der Waals surface area contributed by atoms with Crippen LogP contribution in [0.3, 0.4) is 0 Å². The lowest BCUT2D eigenvalue weighted by Gasteiger charge is -2.16. The van der Waals surface area contributed by atoms with Gasteiger partial charge in [0.2, 0.25) is 10.0 Å². The smallest absolute Gasteiger partial charge is 0.338 e. The van der Waals surface area contributed by atoms with Crippen LogP contribution in [-0.2, 0) is 19.6 Å². The lowest BCUT2D eigenvalue weighted by atomic mass is 10.1. The van der Waals surface area contributed by atoms with Gasteiger partial charge in [0.25, 0.3) is 5.91 Å². The SMILES string of the molecule is CN(C)S(=O)(=O)c1ccc(C(=O)OCC(=O)NC2CCCCCC2)cc1. The maximum Gasteiger partial charge on any atom is 0.338 e. The van der Waals surface area contributed by atoms with E-state index in [1.165, 1.54) is 51.2 Å². The Balaban J connectivity index is 1.86. The molecule has 1 aromatic rings. The number of esters is 1. The number of nitrogens with zero attached hydrogens (tertiary/aromatic N) is 1. The second-order valence-corrected chi connectivity index (χ2v) is 8.80. The van der Waals surface area contributed by atoms with E-state index >= 15 is 0 Å². The van der Waals surface area contributed by atoms with E-state index in [9.17, 15) is 18.0 Å². The van der Waals surface area contributed by atoms with Crippen molar-refractivity contribution in [2.45, 2.75) is 49.5 Å². The molecule has 1 saturated carbocycles. The Bertz CT molecular complexity index is 720. The molecule has 1 aliphatic rings. The predicted molar refractivity (Wildman–Crippen MR) is 97.2 cm³/mol. The van der Waals surface area contributed by atoms with Gasteiger partial charge in [-0.15, -0.1) is 0 Å². The first-order valence-corrected chi connectivity index (χ1v) is 10.2. The van der Waals surface area contributed by atoms with Crippen LogP contribution in [-0.4, -0.2) is 51.3 Å². The van der Waals surface area contributed by atoms with Gasteiger partial charge >= 0.3 is 5.97 Å². The highest BCUT2D eigenvalue weighted by atomic mass is 32.2. The van der Waals surface area contributed by atoms with Gasteiger partial charge in [0, 0.05) is 20.1 Å². The summed E-state index contributed by atoms with van der Waals surface area (Å²) >= 11 is 0. The molecule has 0 unspecified atom stereocenters. The number of carbonyl (C=O) groups is 2. The normalized spacial score (nSPS) is 16.1. The van der Waals surface area contributed by atoms with Crippen LogP contribution >= 0.6 is 0 Å². The first kappa shape index (κ1) is 20.4. The minimum Gasteiger partial charge on any atom is -0.452 e. The zero-order valence-electron chi connectivity index (χ0n) is 15.2. The van der Waals surface area contributed by atoms with E-state index in [2.05, 4.69) is 5.32 Å². The van der Waals surface area contributed by atoms with E-state index in [4.69, 9.17) is 4.74 Å². The van der Waals surface area contributed by atoms with Crippen molar-refractivity contribution >= 4 is 21.9 Å². The number of sulfonamides is 1. The zero-order chi connectivity index (χ0) is 19.2. The van der Waals surface area contributed by atoms with Crippen LogP contribution in [0.25, 0.3) is 0 Å². The summed E-state index contributed by atoms with van der Waals surface area (Å²) in [4.78, 5) is 24.1. The molecule has 1 N–H and O–H groups in total. The molecule has 26 heavy (non-hydrogen) atoms. The molecule has 0 atom stereocenters. The Morgan fingerprint density at radius 2 is 1.65 bits per heavy atom. The molecule has 0 aromatic heterocycles. The Kier molecular flexibility index (Phi) is 7.16. The number of rotatable bonds is 6. The van der Waals surface area contributed by atoms with Crippen molar-refractivity contribution in [3.8, 4) is 0 Å². The van der Waals surface area contributed by atoms with Gasteiger partial charge in [-0.3, -0.25) is 4.79 Å². The van der Waals surface area contributed by atoms with Gasteiger partial charge in [-0.2, -0.15) is 0 Å². The van der Waals surface area contributed by atoms with Crippen LogP contribution in [0.4, 0.5) is 0 Å². The van der Waals surface area contributed by atoms with Crippen molar-refractivity contribution in [2.75, 3.05) is 20.7 Å². The molecule has 144 valence electrons. The maximum absolute atomic E-state index is 12.0. The third-order valence-electron chi connectivity index (χ3n) is 4.42. The quantitative estimate of drug-likeness (QED) is 0.599. The topological polar surface area (TPSA) is 92.8 Å². The van der Waals surface area contributed by atoms with Gasteiger partial charge in [0.1, 0.15) is 0 Å². The molecular weight excluding hydrogens is 356 g/mol. The van der Waals surface area contributed by atoms with Gasteiger partial charge < -0.3 is 10.1 Å². The number of ether oxygens (including phenoxy) is 1. The van der Waals surface area contributed by atoms with Crippen LogP contribution < -0.4 is 5.32 Å².